The third-order valence-corrected chi connectivity index (χ3v) is 3.79. The molecule has 2 amide bonds. The molecule has 7 heteroatoms. The number of aliphatic carboxylic acids is 1. The summed E-state index contributed by atoms with van der Waals surface area (Å²) in [6.45, 7) is 4.78. The van der Waals surface area contributed by atoms with Crippen LogP contribution in [0.4, 0.5) is 4.79 Å². The number of hydrogen-bond donors (Lipinski definition) is 3. The van der Waals surface area contributed by atoms with E-state index in [1.807, 2.05) is 6.92 Å². The van der Waals surface area contributed by atoms with Crippen LogP contribution >= 0.6 is 0 Å². The number of nitrogens with zero attached hydrogens (tertiary/aromatic N) is 1. The highest BCUT2D eigenvalue weighted by Crippen LogP contribution is 2.12. The van der Waals surface area contributed by atoms with Gasteiger partial charge in [-0.15, -0.1) is 0 Å². The molecule has 0 bridgehead atoms. The number of carbonyl (C=O) groups is 2. The van der Waals surface area contributed by atoms with E-state index in [9.17, 15) is 14.7 Å². The molecular formula is C14H27N3O4. The lowest BCUT2D eigenvalue weighted by Crippen LogP contribution is -2.53. The van der Waals surface area contributed by atoms with E-state index in [0.29, 0.717) is 26.0 Å². The summed E-state index contributed by atoms with van der Waals surface area (Å²) in [5.74, 6) is -0.999. The molecule has 1 aliphatic rings. The van der Waals surface area contributed by atoms with Crippen molar-refractivity contribution in [2.75, 3.05) is 33.4 Å². The first-order valence-electron chi connectivity index (χ1n) is 7.59. The number of piperidine rings is 1. The number of carboxylic acid groups (broad SMARTS) is 1. The van der Waals surface area contributed by atoms with Gasteiger partial charge in [-0.1, -0.05) is 0 Å². The molecule has 0 aliphatic carbocycles. The summed E-state index contributed by atoms with van der Waals surface area (Å²) in [7, 11) is 1.57. The van der Waals surface area contributed by atoms with Crippen LogP contribution in [0.15, 0.2) is 0 Å². The van der Waals surface area contributed by atoms with Gasteiger partial charge in [0, 0.05) is 26.3 Å². The van der Waals surface area contributed by atoms with Gasteiger partial charge in [0.25, 0.3) is 0 Å². The van der Waals surface area contributed by atoms with Crippen LogP contribution in [0.25, 0.3) is 0 Å². The maximum absolute atomic E-state index is 12.3. The molecule has 7 nitrogen and oxygen atoms in total. The maximum Gasteiger partial charge on any atom is 0.326 e. The van der Waals surface area contributed by atoms with Crippen molar-refractivity contribution in [3.8, 4) is 0 Å². The number of nitrogens with one attached hydrogen (secondary N) is 2. The topological polar surface area (TPSA) is 90.9 Å². The summed E-state index contributed by atoms with van der Waals surface area (Å²) in [6.07, 6.45) is 2.79. The Morgan fingerprint density at radius 2 is 2.10 bits per heavy atom. The normalized spacial score (nSPS) is 17.2. The molecule has 1 fully saturated rings. The number of methoxy groups -OCH3 is 1. The summed E-state index contributed by atoms with van der Waals surface area (Å²) in [4.78, 5) is 25.3. The predicted molar refractivity (Wildman–Crippen MR) is 79.3 cm³/mol. The molecule has 1 aliphatic heterocycles. The Labute approximate surface area is 126 Å². The zero-order valence-corrected chi connectivity index (χ0v) is 12.9. The number of rotatable bonds is 8. The highest BCUT2D eigenvalue weighted by Gasteiger charge is 2.27. The number of hydrogen-bond acceptors (Lipinski definition) is 4. The van der Waals surface area contributed by atoms with Crippen molar-refractivity contribution < 1.29 is 19.4 Å². The van der Waals surface area contributed by atoms with E-state index in [1.165, 1.54) is 0 Å². The molecule has 21 heavy (non-hydrogen) atoms. The Bertz CT molecular complexity index is 332. The quantitative estimate of drug-likeness (QED) is 0.573. The molecule has 3 N–H and O–H groups in total. The lowest BCUT2D eigenvalue weighted by atomic mass is 10.1. The van der Waals surface area contributed by atoms with Crippen LogP contribution in [-0.4, -0.2) is 67.4 Å². The smallest absolute Gasteiger partial charge is 0.326 e. The van der Waals surface area contributed by atoms with Gasteiger partial charge < -0.3 is 25.4 Å². The first kappa shape index (κ1) is 17.7. The monoisotopic (exact) mass is 301 g/mol. The number of carboxylic acids is 1. The molecule has 1 rings (SSSR count). The highest BCUT2D eigenvalue weighted by atomic mass is 16.5. The van der Waals surface area contributed by atoms with Gasteiger partial charge >= 0.3 is 12.0 Å². The Balaban J connectivity index is 2.54. The fourth-order valence-electron chi connectivity index (χ4n) is 2.61. The van der Waals surface area contributed by atoms with Gasteiger partial charge in [0.1, 0.15) is 6.04 Å². The van der Waals surface area contributed by atoms with Gasteiger partial charge in [0.15, 0.2) is 0 Å². The standard InChI is InChI=1S/C14H27N3O4/c1-3-17(11-6-8-15-9-7-11)14(20)16-12(13(18)19)5-4-10-21-2/h11-12,15H,3-10H2,1-2H3,(H,16,20)(H,18,19). The number of ether oxygens (including phenoxy) is 1. The van der Waals surface area contributed by atoms with Crippen LogP contribution in [0.3, 0.4) is 0 Å². The first-order valence-corrected chi connectivity index (χ1v) is 7.59. The zero-order chi connectivity index (χ0) is 15.7. The van der Waals surface area contributed by atoms with Crippen molar-refractivity contribution in [2.24, 2.45) is 0 Å². The van der Waals surface area contributed by atoms with Crippen LogP contribution in [0.1, 0.15) is 32.6 Å². The van der Waals surface area contributed by atoms with Crippen molar-refractivity contribution in [3.63, 3.8) is 0 Å². The molecule has 1 unspecified atom stereocenters. The van der Waals surface area contributed by atoms with Gasteiger partial charge in [-0.05, 0) is 45.7 Å². The van der Waals surface area contributed by atoms with E-state index >= 15 is 0 Å². The molecule has 0 saturated carbocycles. The molecule has 0 aromatic heterocycles. The Kier molecular flexibility index (Phi) is 8.07. The predicted octanol–water partition coefficient (Wildman–Crippen LogP) is 0.650. The molecule has 1 saturated heterocycles. The lowest BCUT2D eigenvalue weighted by Gasteiger charge is -2.34. The SMILES string of the molecule is CCN(C(=O)NC(CCCOC)C(=O)O)C1CCNCC1. The number of carbonyl (C=O) groups excluding carboxylic acids is 1. The maximum atomic E-state index is 12.3. The minimum atomic E-state index is -0.999. The highest BCUT2D eigenvalue weighted by molar-refractivity contribution is 5.82. The molecule has 122 valence electrons. The van der Waals surface area contributed by atoms with E-state index in [4.69, 9.17) is 4.74 Å². The fourth-order valence-corrected chi connectivity index (χ4v) is 2.61. The van der Waals surface area contributed by atoms with Crippen molar-refractivity contribution in [3.05, 3.63) is 0 Å². The summed E-state index contributed by atoms with van der Waals surface area (Å²) in [6, 6.07) is -0.956. The largest absolute Gasteiger partial charge is 0.480 e. The van der Waals surface area contributed by atoms with E-state index in [-0.39, 0.29) is 12.1 Å². The lowest BCUT2D eigenvalue weighted by molar-refractivity contribution is -0.139. The third kappa shape index (κ3) is 5.89. The third-order valence-electron chi connectivity index (χ3n) is 3.79. The van der Waals surface area contributed by atoms with Crippen molar-refractivity contribution in [2.45, 2.75) is 44.7 Å². The summed E-state index contributed by atoms with van der Waals surface area (Å²) < 4.78 is 4.92. The van der Waals surface area contributed by atoms with Gasteiger partial charge in [-0.25, -0.2) is 9.59 Å². The van der Waals surface area contributed by atoms with E-state index in [1.54, 1.807) is 12.0 Å². The Hall–Kier alpha value is -1.34. The number of amides is 2. The Morgan fingerprint density at radius 3 is 2.62 bits per heavy atom. The second kappa shape index (κ2) is 9.57. The molecule has 1 atom stereocenters. The fraction of sp³-hybridized carbons (Fsp3) is 0.857. The summed E-state index contributed by atoms with van der Waals surface area (Å²) >= 11 is 0. The second-order valence-electron chi connectivity index (χ2n) is 5.24. The van der Waals surface area contributed by atoms with Crippen molar-refractivity contribution in [1.29, 1.82) is 0 Å². The van der Waals surface area contributed by atoms with Gasteiger partial charge in [-0.3, -0.25) is 0 Å². The van der Waals surface area contributed by atoms with Crippen LogP contribution < -0.4 is 10.6 Å². The van der Waals surface area contributed by atoms with Gasteiger partial charge in [0.2, 0.25) is 0 Å². The van der Waals surface area contributed by atoms with Crippen LogP contribution in [0, 0.1) is 0 Å². The first-order chi connectivity index (χ1) is 10.1. The average molecular weight is 301 g/mol. The van der Waals surface area contributed by atoms with Crippen LogP contribution in [-0.2, 0) is 9.53 Å². The van der Waals surface area contributed by atoms with E-state index in [2.05, 4.69) is 10.6 Å². The molecule has 0 aromatic rings. The van der Waals surface area contributed by atoms with Gasteiger partial charge in [-0.2, -0.15) is 0 Å². The minimum absolute atomic E-state index is 0.185. The minimum Gasteiger partial charge on any atom is -0.480 e. The second-order valence-corrected chi connectivity index (χ2v) is 5.24. The summed E-state index contributed by atoms with van der Waals surface area (Å²) in [5.41, 5.74) is 0. The molecule has 1 heterocycles. The molecule has 0 radical (unpaired) electrons. The molecular weight excluding hydrogens is 274 g/mol. The van der Waals surface area contributed by atoms with Crippen LogP contribution in [0.5, 0.6) is 0 Å². The summed E-state index contributed by atoms with van der Waals surface area (Å²) in [5, 5.41) is 15.1. The molecule has 0 aromatic carbocycles. The molecule has 0 spiro atoms. The van der Waals surface area contributed by atoms with Gasteiger partial charge in [0.05, 0.1) is 0 Å². The van der Waals surface area contributed by atoms with Crippen LogP contribution in [0.2, 0.25) is 0 Å². The van der Waals surface area contributed by atoms with E-state index < -0.39 is 12.0 Å². The Morgan fingerprint density at radius 1 is 1.43 bits per heavy atom. The number of urea groups is 1. The van der Waals surface area contributed by atoms with Crippen molar-refractivity contribution in [1.82, 2.24) is 15.5 Å². The zero-order valence-electron chi connectivity index (χ0n) is 12.9. The van der Waals surface area contributed by atoms with Crippen molar-refractivity contribution >= 4 is 12.0 Å². The average Bonchev–Trinajstić information content (AvgIpc) is 2.48. The van der Waals surface area contributed by atoms with E-state index in [0.717, 1.165) is 25.9 Å².